The van der Waals surface area contributed by atoms with Crippen molar-refractivity contribution in [1.82, 2.24) is 24.3 Å². The van der Waals surface area contributed by atoms with Crippen molar-refractivity contribution in [3.05, 3.63) is 31.0 Å². The molecule has 0 N–H and O–H groups in total. The molecule has 3 aromatic rings. The van der Waals surface area contributed by atoms with Crippen molar-refractivity contribution in [2.24, 2.45) is 5.92 Å². The summed E-state index contributed by atoms with van der Waals surface area (Å²) in [6.07, 6.45) is 14.4. The Hall–Kier alpha value is -2.17. The lowest BCUT2D eigenvalue weighted by Gasteiger charge is -2.22. The van der Waals surface area contributed by atoms with Gasteiger partial charge in [-0.3, -0.25) is 4.68 Å². The summed E-state index contributed by atoms with van der Waals surface area (Å²) < 4.78 is 4.33. The first-order valence-corrected chi connectivity index (χ1v) is 9.16. The van der Waals surface area contributed by atoms with Crippen LogP contribution in [-0.2, 0) is 6.54 Å². The highest BCUT2D eigenvalue weighted by Crippen LogP contribution is 2.36. The van der Waals surface area contributed by atoms with Crippen LogP contribution in [0.2, 0.25) is 0 Å². The Kier molecular flexibility index (Phi) is 4.08. The second-order valence-corrected chi connectivity index (χ2v) is 6.79. The Morgan fingerprint density at radius 3 is 2.79 bits per heavy atom. The first-order valence-electron chi connectivity index (χ1n) is 9.16. The van der Waals surface area contributed by atoms with Crippen molar-refractivity contribution >= 4 is 11.0 Å². The van der Waals surface area contributed by atoms with Gasteiger partial charge in [0.1, 0.15) is 12.0 Å². The van der Waals surface area contributed by atoms with E-state index in [9.17, 15) is 0 Å². The van der Waals surface area contributed by atoms with Gasteiger partial charge >= 0.3 is 0 Å². The number of aryl methyl sites for hydroxylation is 1. The van der Waals surface area contributed by atoms with E-state index in [-0.39, 0.29) is 0 Å². The van der Waals surface area contributed by atoms with E-state index >= 15 is 0 Å². The van der Waals surface area contributed by atoms with Gasteiger partial charge in [0.2, 0.25) is 0 Å². The monoisotopic (exact) mass is 323 g/mol. The summed E-state index contributed by atoms with van der Waals surface area (Å²) in [6, 6.07) is 2.62. The molecule has 3 heterocycles. The maximum atomic E-state index is 4.69. The molecule has 24 heavy (non-hydrogen) atoms. The SMILES string of the molecule is CCC(C1CCCC1)n1cc(-c2ncnc3c2ccn3CC)cn1. The molecule has 1 aliphatic carbocycles. The van der Waals surface area contributed by atoms with Crippen LogP contribution in [0, 0.1) is 5.92 Å². The van der Waals surface area contributed by atoms with Crippen molar-refractivity contribution in [3.63, 3.8) is 0 Å². The van der Waals surface area contributed by atoms with Gasteiger partial charge in [0, 0.05) is 29.9 Å². The molecule has 0 aromatic carbocycles. The summed E-state index contributed by atoms with van der Waals surface area (Å²) >= 11 is 0. The van der Waals surface area contributed by atoms with Crippen LogP contribution < -0.4 is 0 Å². The number of hydrogen-bond donors (Lipinski definition) is 0. The number of rotatable bonds is 5. The van der Waals surface area contributed by atoms with E-state index in [1.165, 1.54) is 25.7 Å². The first-order chi connectivity index (χ1) is 11.8. The number of hydrogen-bond acceptors (Lipinski definition) is 3. The van der Waals surface area contributed by atoms with E-state index in [1.807, 2.05) is 6.20 Å². The predicted octanol–water partition coefficient (Wildman–Crippen LogP) is 4.46. The van der Waals surface area contributed by atoms with Gasteiger partial charge in [-0.1, -0.05) is 19.8 Å². The van der Waals surface area contributed by atoms with E-state index in [4.69, 9.17) is 5.10 Å². The van der Waals surface area contributed by atoms with Crippen LogP contribution >= 0.6 is 0 Å². The summed E-state index contributed by atoms with van der Waals surface area (Å²) in [5.41, 5.74) is 3.07. The molecule has 126 valence electrons. The predicted molar refractivity (Wildman–Crippen MR) is 95.7 cm³/mol. The molecule has 0 aliphatic heterocycles. The smallest absolute Gasteiger partial charge is 0.143 e. The van der Waals surface area contributed by atoms with Crippen LogP contribution in [-0.4, -0.2) is 24.3 Å². The summed E-state index contributed by atoms with van der Waals surface area (Å²) in [5, 5.41) is 5.80. The number of nitrogens with zero attached hydrogens (tertiary/aromatic N) is 5. The van der Waals surface area contributed by atoms with Crippen LogP contribution in [0.1, 0.15) is 52.0 Å². The molecule has 3 aromatic heterocycles. The summed E-state index contributed by atoms with van der Waals surface area (Å²) in [7, 11) is 0. The third-order valence-electron chi connectivity index (χ3n) is 5.47. The molecule has 1 saturated carbocycles. The second-order valence-electron chi connectivity index (χ2n) is 6.79. The molecule has 0 bridgehead atoms. The van der Waals surface area contributed by atoms with E-state index in [1.54, 1.807) is 6.33 Å². The largest absolute Gasteiger partial charge is 0.333 e. The van der Waals surface area contributed by atoms with Gasteiger partial charge in [0.25, 0.3) is 0 Å². The van der Waals surface area contributed by atoms with Gasteiger partial charge in [-0.25, -0.2) is 9.97 Å². The fourth-order valence-electron chi connectivity index (χ4n) is 4.21. The quantitative estimate of drug-likeness (QED) is 0.696. The molecule has 1 aliphatic rings. The van der Waals surface area contributed by atoms with Crippen molar-refractivity contribution in [2.45, 2.75) is 58.5 Å². The standard InChI is InChI=1S/C19H25N5/c1-3-17(14-7-5-6-8-14)24-12-15(11-22-24)18-16-9-10-23(4-2)19(16)21-13-20-18/h9-14,17H,3-8H2,1-2H3. The lowest BCUT2D eigenvalue weighted by Crippen LogP contribution is -2.17. The normalized spacial score (nSPS) is 16.9. The molecule has 5 nitrogen and oxygen atoms in total. The zero-order valence-electron chi connectivity index (χ0n) is 14.5. The first kappa shape index (κ1) is 15.4. The highest BCUT2D eigenvalue weighted by molar-refractivity contribution is 5.90. The van der Waals surface area contributed by atoms with Crippen LogP contribution in [0.5, 0.6) is 0 Å². The van der Waals surface area contributed by atoms with Gasteiger partial charge in [0.05, 0.1) is 17.9 Å². The van der Waals surface area contributed by atoms with E-state index in [0.29, 0.717) is 6.04 Å². The zero-order valence-corrected chi connectivity index (χ0v) is 14.5. The van der Waals surface area contributed by atoms with E-state index in [0.717, 1.165) is 41.2 Å². The maximum Gasteiger partial charge on any atom is 0.143 e. The maximum absolute atomic E-state index is 4.69. The third kappa shape index (κ3) is 2.52. The van der Waals surface area contributed by atoms with Crippen molar-refractivity contribution in [3.8, 4) is 11.3 Å². The Labute approximate surface area is 142 Å². The summed E-state index contributed by atoms with van der Waals surface area (Å²) in [4.78, 5) is 8.99. The highest BCUT2D eigenvalue weighted by atomic mass is 15.3. The summed E-state index contributed by atoms with van der Waals surface area (Å²) in [5.74, 6) is 0.773. The Morgan fingerprint density at radius 1 is 1.21 bits per heavy atom. The Balaban J connectivity index is 1.71. The fourth-order valence-corrected chi connectivity index (χ4v) is 4.21. The highest BCUT2D eigenvalue weighted by Gasteiger charge is 2.26. The molecule has 5 heteroatoms. The molecule has 1 atom stereocenters. The Morgan fingerprint density at radius 2 is 2.04 bits per heavy atom. The van der Waals surface area contributed by atoms with E-state index in [2.05, 4.69) is 51.5 Å². The van der Waals surface area contributed by atoms with Crippen LogP contribution in [0.4, 0.5) is 0 Å². The van der Waals surface area contributed by atoms with Gasteiger partial charge in [-0.05, 0) is 38.2 Å². The zero-order chi connectivity index (χ0) is 16.5. The molecule has 1 fully saturated rings. The van der Waals surface area contributed by atoms with Gasteiger partial charge in [-0.15, -0.1) is 0 Å². The minimum Gasteiger partial charge on any atom is -0.333 e. The Bertz CT molecular complexity index is 825. The molecule has 0 radical (unpaired) electrons. The van der Waals surface area contributed by atoms with Crippen molar-refractivity contribution in [2.75, 3.05) is 0 Å². The molecular weight excluding hydrogens is 298 g/mol. The van der Waals surface area contributed by atoms with Crippen LogP contribution in [0.3, 0.4) is 0 Å². The molecule has 0 saturated heterocycles. The second kappa shape index (κ2) is 6.38. The molecule has 4 rings (SSSR count). The van der Waals surface area contributed by atoms with E-state index < -0.39 is 0 Å². The lowest BCUT2D eigenvalue weighted by molar-refractivity contribution is 0.301. The average Bonchev–Trinajstić information content (AvgIpc) is 3.36. The fraction of sp³-hybridized carbons (Fsp3) is 0.526. The van der Waals surface area contributed by atoms with Crippen LogP contribution in [0.25, 0.3) is 22.3 Å². The van der Waals surface area contributed by atoms with Crippen molar-refractivity contribution in [1.29, 1.82) is 0 Å². The molecule has 0 amide bonds. The average molecular weight is 323 g/mol. The minimum absolute atomic E-state index is 0.513. The third-order valence-corrected chi connectivity index (χ3v) is 5.47. The number of aromatic nitrogens is 5. The molecule has 0 spiro atoms. The van der Waals surface area contributed by atoms with Gasteiger partial charge < -0.3 is 4.57 Å². The molecular formula is C19H25N5. The topological polar surface area (TPSA) is 48.5 Å². The van der Waals surface area contributed by atoms with Crippen LogP contribution in [0.15, 0.2) is 31.0 Å². The van der Waals surface area contributed by atoms with Gasteiger partial charge in [-0.2, -0.15) is 5.10 Å². The molecule has 1 unspecified atom stereocenters. The van der Waals surface area contributed by atoms with Crippen molar-refractivity contribution < 1.29 is 0 Å². The van der Waals surface area contributed by atoms with Gasteiger partial charge in [0.15, 0.2) is 0 Å². The minimum atomic E-state index is 0.513. The summed E-state index contributed by atoms with van der Waals surface area (Å²) in [6.45, 7) is 5.32. The lowest BCUT2D eigenvalue weighted by atomic mass is 9.96. The number of fused-ring (bicyclic) bond motifs is 1.